The van der Waals surface area contributed by atoms with Gasteiger partial charge in [-0.05, 0) is 30.0 Å². The van der Waals surface area contributed by atoms with Gasteiger partial charge in [-0.15, -0.1) is 0 Å². The Balaban J connectivity index is 2.32. The van der Waals surface area contributed by atoms with Gasteiger partial charge >= 0.3 is 0 Å². The van der Waals surface area contributed by atoms with Crippen molar-refractivity contribution in [2.24, 2.45) is 11.8 Å². The minimum absolute atomic E-state index is 0.764. The zero-order valence-corrected chi connectivity index (χ0v) is 6.08. The van der Waals surface area contributed by atoms with Gasteiger partial charge in [0.2, 0.25) is 0 Å². The first-order chi connectivity index (χ1) is 3.83. The second kappa shape index (κ2) is 2.58. The van der Waals surface area contributed by atoms with Crippen LogP contribution in [-0.4, -0.2) is 5.37 Å². The lowest BCUT2D eigenvalue weighted by Crippen LogP contribution is -1.91. The Morgan fingerprint density at radius 1 is 1.50 bits per heavy atom. The van der Waals surface area contributed by atoms with Crippen LogP contribution in [-0.2, 0) is 0 Å². The lowest BCUT2D eigenvalue weighted by atomic mass is 10.1. The topological polar surface area (TPSA) is 0 Å². The number of thiocarbonyl (C=S) groups is 1. The van der Waals surface area contributed by atoms with E-state index in [1.807, 2.05) is 5.37 Å². The lowest BCUT2D eigenvalue weighted by Gasteiger charge is -1.97. The normalized spacial score (nSPS) is 37.6. The standard InChI is InChI=1S/C7H12S/c1-6-2-3-7(4-6)5-8/h5-7H,2-4H2,1H3. The molecule has 0 aromatic rings. The predicted octanol–water partition coefficient (Wildman–Crippen LogP) is 2.42. The molecule has 1 aliphatic rings. The SMILES string of the molecule is CC1CCC(C=S)C1. The Morgan fingerprint density at radius 3 is 2.50 bits per heavy atom. The Hall–Kier alpha value is 0.0900. The molecule has 1 rings (SSSR count). The summed E-state index contributed by atoms with van der Waals surface area (Å²) in [6, 6.07) is 0. The highest BCUT2D eigenvalue weighted by atomic mass is 32.1. The van der Waals surface area contributed by atoms with E-state index in [0.717, 1.165) is 11.8 Å². The van der Waals surface area contributed by atoms with Gasteiger partial charge in [0, 0.05) is 0 Å². The van der Waals surface area contributed by atoms with Crippen molar-refractivity contribution in [3.05, 3.63) is 0 Å². The molecule has 46 valence electrons. The van der Waals surface area contributed by atoms with Crippen molar-refractivity contribution < 1.29 is 0 Å². The van der Waals surface area contributed by atoms with Crippen LogP contribution in [0.15, 0.2) is 0 Å². The molecule has 0 radical (unpaired) electrons. The van der Waals surface area contributed by atoms with Crippen LogP contribution in [0.4, 0.5) is 0 Å². The first kappa shape index (κ1) is 6.21. The maximum absolute atomic E-state index is 4.84. The maximum atomic E-state index is 4.84. The molecule has 0 heterocycles. The number of hydrogen-bond donors (Lipinski definition) is 0. The van der Waals surface area contributed by atoms with E-state index in [4.69, 9.17) is 12.2 Å². The fraction of sp³-hybridized carbons (Fsp3) is 0.857. The van der Waals surface area contributed by atoms with Crippen LogP contribution < -0.4 is 0 Å². The second-order valence-electron chi connectivity index (χ2n) is 2.81. The molecule has 0 aromatic carbocycles. The molecule has 0 nitrogen and oxygen atoms in total. The largest absolute Gasteiger partial charge is 0.0932 e. The first-order valence-corrected chi connectivity index (χ1v) is 3.75. The van der Waals surface area contributed by atoms with Gasteiger partial charge in [0.25, 0.3) is 0 Å². The van der Waals surface area contributed by atoms with Crippen molar-refractivity contribution >= 4 is 17.6 Å². The van der Waals surface area contributed by atoms with Gasteiger partial charge in [0.1, 0.15) is 0 Å². The van der Waals surface area contributed by atoms with Crippen LogP contribution in [0.5, 0.6) is 0 Å². The van der Waals surface area contributed by atoms with E-state index in [-0.39, 0.29) is 0 Å². The van der Waals surface area contributed by atoms with E-state index in [9.17, 15) is 0 Å². The van der Waals surface area contributed by atoms with E-state index >= 15 is 0 Å². The van der Waals surface area contributed by atoms with Gasteiger partial charge in [0.05, 0.1) is 0 Å². The Labute approximate surface area is 56.3 Å². The molecular formula is C7H12S. The third kappa shape index (κ3) is 1.28. The molecule has 2 unspecified atom stereocenters. The molecule has 0 spiro atoms. The van der Waals surface area contributed by atoms with E-state index in [0.29, 0.717) is 0 Å². The predicted molar refractivity (Wildman–Crippen MR) is 40.2 cm³/mol. The highest BCUT2D eigenvalue weighted by molar-refractivity contribution is 7.79. The monoisotopic (exact) mass is 128 g/mol. The van der Waals surface area contributed by atoms with Crippen molar-refractivity contribution in [1.29, 1.82) is 0 Å². The minimum Gasteiger partial charge on any atom is -0.0932 e. The summed E-state index contributed by atoms with van der Waals surface area (Å²) >= 11 is 4.84. The summed E-state index contributed by atoms with van der Waals surface area (Å²) in [5, 5.41) is 1.93. The van der Waals surface area contributed by atoms with Crippen molar-refractivity contribution in [2.45, 2.75) is 26.2 Å². The van der Waals surface area contributed by atoms with Gasteiger partial charge in [-0.3, -0.25) is 0 Å². The van der Waals surface area contributed by atoms with E-state index in [1.54, 1.807) is 0 Å². The zero-order chi connectivity index (χ0) is 5.98. The summed E-state index contributed by atoms with van der Waals surface area (Å²) in [5.41, 5.74) is 0. The lowest BCUT2D eigenvalue weighted by molar-refractivity contribution is 0.600. The van der Waals surface area contributed by atoms with Crippen LogP contribution in [0.2, 0.25) is 0 Å². The fourth-order valence-electron chi connectivity index (χ4n) is 1.37. The minimum atomic E-state index is 0.764. The molecule has 8 heavy (non-hydrogen) atoms. The Kier molecular flexibility index (Phi) is 2.01. The molecule has 1 heteroatoms. The van der Waals surface area contributed by atoms with Crippen LogP contribution >= 0.6 is 12.2 Å². The molecule has 0 N–H and O–H groups in total. The van der Waals surface area contributed by atoms with Crippen molar-refractivity contribution in [1.82, 2.24) is 0 Å². The first-order valence-electron chi connectivity index (χ1n) is 3.28. The summed E-state index contributed by atoms with van der Waals surface area (Å²) in [7, 11) is 0. The summed E-state index contributed by atoms with van der Waals surface area (Å²) in [6.07, 6.45) is 4.06. The smallest absolute Gasteiger partial charge is 0.0126 e. The molecule has 0 saturated heterocycles. The third-order valence-electron chi connectivity index (χ3n) is 1.93. The summed E-state index contributed by atoms with van der Waals surface area (Å²) in [6.45, 7) is 2.30. The van der Waals surface area contributed by atoms with Crippen molar-refractivity contribution in [3.63, 3.8) is 0 Å². The maximum Gasteiger partial charge on any atom is -0.0126 e. The number of hydrogen-bond acceptors (Lipinski definition) is 1. The molecule has 1 saturated carbocycles. The molecule has 0 aliphatic heterocycles. The highest BCUT2D eigenvalue weighted by Gasteiger charge is 2.18. The van der Waals surface area contributed by atoms with Crippen LogP contribution in [0.25, 0.3) is 0 Å². The van der Waals surface area contributed by atoms with Crippen molar-refractivity contribution in [3.8, 4) is 0 Å². The van der Waals surface area contributed by atoms with Crippen molar-refractivity contribution in [2.75, 3.05) is 0 Å². The van der Waals surface area contributed by atoms with Crippen LogP contribution in [0.3, 0.4) is 0 Å². The van der Waals surface area contributed by atoms with Crippen LogP contribution in [0.1, 0.15) is 26.2 Å². The van der Waals surface area contributed by atoms with Gasteiger partial charge in [-0.25, -0.2) is 0 Å². The quantitative estimate of drug-likeness (QED) is 0.489. The van der Waals surface area contributed by atoms with E-state index in [1.165, 1.54) is 19.3 Å². The summed E-state index contributed by atoms with van der Waals surface area (Å²) in [4.78, 5) is 0. The molecule has 1 fully saturated rings. The van der Waals surface area contributed by atoms with Gasteiger partial charge in [-0.1, -0.05) is 25.6 Å². The van der Waals surface area contributed by atoms with Gasteiger partial charge in [-0.2, -0.15) is 0 Å². The number of rotatable bonds is 1. The second-order valence-corrected chi connectivity index (χ2v) is 3.09. The molecule has 1 aliphatic carbocycles. The average molecular weight is 128 g/mol. The fourth-order valence-corrected chi connectivity index (χ4v) is 1.62. The highest BCUT2D eigenvalue weighted by Crippen LogP contribution is 2.28. The molecule has 0 amide bonds. The summed E-state index contributed by atoms with van der Waals surface area (Å²) in [5.74, 6) is 1.69. The third-order valence-corrected chi connectivity index (χ3v) is 2.31. The Morgan fingerprint density at radius 2 is 2.25 bits per heavy atom. The Bertz CT molecular complexity index is 88.4. The average Bonchev–Trinajstić information content (AvgIpc) is 2.14. The van der Waals surface area contributed by atoms with E-state index in [2.05, 4.69) is 6.92 Å². The van der Waals surface area contributed by atoms with Gasteiger partial charge < -0.3 is 0 Å². The molecule has 0 bridgehead atoms. The summed E-state index contributed by atoms with van der Waals surface area (Å²) < 4.78 is 0. The molecule has 0 aromatic heterocycles. The van der Waals surface area contributed by atoms with E-state index < -0.39 is 0 Å². The van der Waals surface area contributed by atoms with Gasteiger partial charge in [0.15, 0.2) is 0 Å². The molecule has 2 atom stereocenters. The van der Waals surface area contributed by atoms with Crippen LogP contribution in [0, 0.1) is 11.8 Å². The molecular weight excluding hydrogens is 116 g/mol. The zero-order valence-electron chi connectivity index (χ0n) is 5.26.